The van der Waals surface area contributed by atoms with Crippen LogP contribution in [0, 0.1) is 12.8 Å². The second-order valence-corrected chi connectivity index (χ2v) is 5.01. The van der Waals surface area contributed by atoms with E-state index >= 15 is 0 Å². The molecule has 0 saturated carbocycles. The summed E-state index contributed by atoms with van der Waals surface area (Å²) in [4.78, 5) is 0. The first kappa shape index (κ1) is 16.4. The molecule has 0 bridgehead atoms. The summed E-state index contributed by atoms with van der Waals surface area (Å²) in [5, 5.41) is 0. The van der Waals surface area contributed by atoms with E-state index in [1.54, 1.807) is 24.3 Å². The van der Waals surface area contributed by atoms with Crippen LogP contribution in [0.5, 0.6) is 0 Å². The van der Waals surface area contributed by atoms with Crippen LogP contribution >= 0.6 is 0 Å². The minimum Gasteiger partial charge on any atom is -0.242 e. The Bertz CT molecular complexity index is 634. The van der Waals surface area contributed by atoms with Crippen molar-refractivity contribution >= 4 is 5.57 Å². The Morgan fingerprint density at radius 2 is 1.73 bits per heavy atom. The standard InChI is InChI=1S/C16H12F6/c1-9-2-4-10(5-3-9)11-6-12(17)15(13(18)7-11)14(19)8-16(20,21)22/h2-8,12,15H,1H3/b14-8-. The maximum Gasteiger partial charge on any atom is 0.412 e. The molecule has 0 saturated heterocycles. The Kier molecular flexibility index (Phi) is 4.49. The summed E-state index contributed by atoms with van der Waals surface area (Å²) in [5.74, 6) is -5.34. The van der Waals surface area contributed by atoms with Crippen LogP contribution in [0.2, 0.25) is 0 Å². The summed E-state index contributed by atoms with van der Waals surface area (Å²) in [6.45, 7) is 1.83. The zero-order valence-corrected chi connectivity index (χ0v) is 11.5. The lowest BCUT2D eigenvalue weighted by atomic mass is 9.89. The van der Waals surface area contributed by atoms with Crippen molar-refractivity contribution in [1.82, 2.24) is 0 Å². The van der Waals surface area contributed by atoms with Crippen LogP contribution in [0.1, 0.15) is 11.1 Å². The third-order valence-corrected chi connectivity index (χ3v) is 3.23. The second-order valence-electron chi connectivity index (χ2n) is 5.01. The lowest BCUT2D eigenvalue weighted by Gasteiger charge is -2.21. The van der Waals surface area contributed by atoms with Crippen LogP contribution in [-0.2, 0) is 0 Å². The summed E-state index contributed by atoms with van der Waals surface area (Å²) in [7, 11) is 0. The average molecular weight is 318 g/mol. The molecule has 1 aliphatic rings. The van der Waals surface area contributed by atoms with Gasteiger partial charge >= 0.3 is 6.18 Å². The zero-order chi connectivity index (χ0) is 16.5. The quantitative estimate of drug-likeness (QED) is 0.621. The molecule has 22 heavy (non-hydrogen) atoms. The van der Waals surface area contributed by atoms with Crippen LogP contribution in [0.15, 0.2) is 54.1 Å². The molecule has 0 heterocycles. The molecule has 2 atom stereocenters. The number of halogens is 6. The Morgan fingerprint density at radius 1 is 1.14 bits per heavy atom. The van der Waals surface area contributed by atoms with Crippen LogP contribution in [0.25, 0.3) is 5.57 Å². The van der Waals surface area contributed by atoms with E-state index in [9.17, 15) is 26.3 Å². The van der Waals surface area contributed by atoms with Gasteiger partial charge in [0.05, 0.1) is 12.0 Å². The van der Waals surface area contributed by atoms with Gasteiger partial charge in [-0.15, -0.1) is 0 Å². The Morgan fingerprint density at radius 3 is 2.23 bits per heavy atom. The number of allylic oxidation sites excluding steroid dienone is 6. The van der Waals surface area contributed by atoms with Gasteiger partial charge in [0.15, 0.2) is 0 Å². The third kappa shape index (κ3) is 3.81. The van der Waals surface area contributed by atoms with Crippen molar-refractivity contribution in [2.24, 2.45) is 5.92 Å². The van der Waals surface area contributed by atoms with Crippen LogP contribution in [-0.4, -0.2) is 12.3 Å². The SMILES string of the molecule is Cc1ccc(C2=CC(F)C(/C(F)=C/C(F)(F)F)C(F)=C2)cc1. The van der Waals surface area contributed by atoms with Gasteiger partial charge in [0.2, 0.25) is 0 Å². The first-order valence-corrected chi connectivity index (χ1v) is 6.42. The van der Waals surface area contributed by atoms with Gasteiger partial charge in [-0.05, 0) is 30.2 Å². The van der Waals surface area contributed by atoms with Gasteiger partial charge in [-0.25, -0.2) is 13.2 Å². The van der Waals surface area contributed by atoms with Crippen molar-refractivity contribution in [3.05, 3.63) is 65.3 Å². The molecule has 0 spiro atoms. The Hall–Kier alpha value is -1.98. The highest BCUT2D eigenvalue weighted by Crippen LogP contribution is 2.38. The summed E-state index contributed by atoms with van der Waals surface area (Å²) in [6, 6.07) is 6.70. The molecule has 2 unspecified atom stereocenters. The molecule has 6 heteroatoms. The van der Waals surface area contributed by atoms with E-state index in [-0.39, 0.29) is 5.57 Å². The maximum atomic E-state index is 13.9. The number of rotatable bonds is 2. The lowest BCUT2D eigenvalue weighted by molar-refractivity contribution is -0.0820. The van der Waals surface area contributed by atoms with Gasteiger partial charge in [-0.3, -0.25) is 0 Å². The largest absolute Gasteiger partial charge is 0.412 e. The summed E-state index contributed by atoms with van der Waals surface area (Å²) in [6.07, 6.45) is -6.12. The molecule has 2 rings (SSSR count). The molecule has 1 aliphatic carbocycles. The Labute approximate surface area is 123 Å². The predicted molar refractivity (Wildman–Crippen MR) is 72.0 cm³/mol. The first-order valence-electron chi connectivity index (χ1n) is 6.42. The molecule has 0 fully saturated rings. The summed E-state index contributed by atoms with van der Waals surface area (Å²) in [5.41, 5.74) is 1.61. The van der Waals surface area contributed by atoms with Gasteiger partial charge in [-0.2, -0.15) is 13.2 Å². The normalized spacial score (nSPS) is 23.1. The molecule has 0 N–H and O–H groups in total. The van der Waals surface area contributed by atoms with Gasteiger partial charge in [0.1, 0.15) is 17.8 Å². The van der Waals surface area contributed by atoms with E-state index in [1.807, 2.05) is 6.92 Å². The number of aryl methyl sites for hydroxylation is 1. The van der Waals surface area contributed by atoms with Crippen molar-refractivity contribution in [2.45, 2.75) is 19.3 Å². The molecule has 0 amide bonds. The maximum absolute atomic E-state index is 13.9. The molecule has 0 nitrogen and oxygen atoms in total. The first-order chi connectivity index (χ1) is 10.2. The number of alkyl halides is 4. The highest BCUT2D eigenvalue weighted by Gasteiger charge is 2.36. The van der Waals surface area contributed by atoms with Gasteiger partial charge in [-0.1, -0.05) is 29.8 Å². The fourth-order valence-corrected chi connectivity index (χ4v) is 2.16. The van der Waals surface area contributed by atoms with E-state index in [2.05, 4.69) is 0 Å². The van der Waals surface area contributed by atoms with E-state index in [0.717, 1.165) is 17.7 Å². The molecule has 1 aromatic carbocycles. The predicted octanol–water partition coefficient (Wildman–Crippen LogP) is 5.62. The monoisotopic (exact) mass is 318 g/mol. The highest BCUT2D eigenvalue weighted by atomic mass is 19.4. The highest BCUT2D eigenvalue weighted by molar-refractivity contribution is 5.76. The summed E-state index contributed by atoms with van der Waals surface area (Å²) >= 11 is 0. The minimum atomic E-state index is -4.97. The van der Waals surface area contributed by atoms with Crippen LogP contribution in [0.4, 0.5) is 26.3 Å². The minimum absolute atomic E-state index is 0.168. The van der Waals surface area contributed by atoms with Gasteiger partial charge in [0.25, 0.3) is 0 Å². The van der Waals surface area contributed by atoms with Gasteiger partial charge < -0.3 is 0 Å². The molecular formula is C16H12F6. The smallest absolute Gasteiger partial charge is 0.242 e. The number of benzene rings is 1. The van der Waals surface area contributed by atoms with Crippen LogP contribution in [0.3, 0.4) is 0 Å². The van der Waals surface area contributed by atoms with Crippen molar-refractivity contribution < 1.29 is 26.3 Å². The molecule has 0 radical (unpaired) electrons. The number of hydrogen-bond donors (Lipinski definition) is 0. The topological polar surface area (TPSA) is 0 Å². The molecule has 0 aliphatic heterocycles. The second kappa shape index (κ2) is 6.02. The molecule has 0 aromatic heterocycles. The molecular weight excluding hydrogens is 306 g/mol. The molecule has 118 valence electrons. The van der Waals surface area contributed by atoms with E-state index in [0.29, 0.717) is 5.56 Å². The average Bonchev–Trinajstić information content (AvgIpc) is 2.36. The van der Waals surface area contributed by atoms with Crippen molar-refractivity contribution in [1.29, 1.82) is 0 Å². The molecule has 1 aromatic rings. The van der Waals surface area contributed by atoms with Crippen LogP contribution < -0.4 is 0 Å². The van der Waals surface area contributed by atoms with E-state index in [4.69, 9.17) is 0 Å². The van der Waals surface area contributed by atoms with Crippen molar-refractivity contribution in [3.63, 3.8) is 0 Å². The Balaban J connectivity index is 2.31. The fraction of sp³-hybridized carbons (Fsp3) is 0.250. The van der Waals surface area contributed by atoms with Crippen molar-refractivity contribution in [2.75, 3.05) is 0 Å². The summed E-state index contributed by atoms with van der Waals surface area (Å²) < 4.78 is 77.6. The number of hydrogen-bond acceptors (Lipinski definition) is 0. The van der Waals surface area contributed by atoms with E-state index < -0.39 is 36.0 Å². The third-order valence-electron chi connectivity index (χ3n) is 3.23. The lowest BCUT2D eigenvalue weighted by Crippen LogP contribution is -2.20. The zero-order valence-electron chi connectivity index (χ0n) is 11.5. The fourth-order valence-electron chi connectivity index (χ4n) is 2.16. The van der Waals surface area contributed by atoms with Crippen molar-refractivity contribution in [3.8, 4) is 0 Å². The van der Waals surface area contributed by atoms with Gasteiger partial charge in [0, 0.05) is 0 Å². The van der Waals surface area contributed by atoms with E-state index in [1.165, 1.54) is 0 Å².